The van der Waals surface area contributed by atoms with E-state index < -0.39 is 0 Å². The zero-order valence-electron chi connectivity index (χ0n) is 10.8. The number of hydrogen-bond acceptors (Lipinski definition) is 1. The molecule has 0 heterocycles. The molecule has 1 aromatic rings. The molecule has 0 unspecified atom stereocenters. The molecular weight excluding hydrogens is 196 g/mol. The van der Waals surface area contributed by atoms with Gasteiger partial charge in [-0.3, -0.25) is 0 Å². The SMILES string of the molecule is C=C(C)C=Cc1c(C)cc(OC)c(C)c1C. The predicted octanol–water partition coefficient (Wildman–Crippen LogP) is 4.21. The van der Waals surface area contributed by atoms with Crippen molar-refractivity contribution in [3.8, 4) is 5.75 Å². The van der Waals surface area contributed by atoms with Crippen LogP contribution in [0.1, 0.15) is 29.2 Å². The summed E-state index contributed by atoms with van der Waals surface area (Å²) in [7, 11) is 1.71. The van der Waals surface area contributed by atoms with Crippen molar-refractivity contribution in [3.05, 3.63) is 46.5 Å². The second-order valence-electron chi connectivity index (χ2n) is 4.24. The second-order valence-corrected chi connectivity index (χ2v) is 4.24. The molecule has 1 heteroatoms. The monoisotopic (exact) mass is 216 g/mol. The molecule has 0 aliphatic heterocycles. The normalized spacial score (nSPS) is 10.8. The smallest absolute Gasteiger partial charge is 0.122 e. The van der Waals surface area contributed by atoms with E-state index in [0.717, 1.165) is 11.3 Å². The Morgan fingerprint density at radius 3 is 2.38 bits per heavy atom. The largest absolute Gasteiger partial charge is 0.496 e. The van der Waals surface area contributed by atoms with E-state index in [-0.39, 0.29) is 0 Å². The summed E-state index contributed by atoms with van der Waals surface area (Å²) >= 11 is 0. The Labute approximate surface area is 98.5 Å². The molecule has 0 aromatic heterocycles. The first-order valence-corrected chi connectivity index (χ1v) is 5.45. The number of allylic oxidation sites excluding steroid dienone is 2. The molecule has 0 fully saturated rings. The summed E-state index contributed by atoms with van der Waals surface area (Å²) in [6, 6.07) is 2.08. The summed E-state index contributed by atoms with van der Waals surface area (Å²) in [6.45, 7) is 12.2. The minimum absolute atomic E-state index is 0.961. The lowest BCUT2D eigenvalue weighted by Crippen LogP contribution is -1.95. The molecule has 0 saturated carbocycles. The van der Waals surface area contributed by atoms with Crippen molar-refractivity contribution in [1.82, 2.24) is 0 Å². The maximum absolute atomic E-state index is 5.35. The lowest BCUT2D eigenvalue weighted by atomic mass is 9.96. The molecule has 86 valence electrons. The third-order valence-corrected chi connectivity index (χ3v) is 2.86. The summed E-state index contributed by atoms with van der Waals surface area (Å²) < 4.78 is 5.35. The Morgan fingerprint density at radius 1 is 1.25 bits per heavy atom. The van der Waals surface area contributed by atoms with E-state index in [4.69, 9.17) is 4.74 Å². The zero-order chi connectivity index (χ0) is 12.3. The Bertz CT molecular complexity index is 439. The Hall–Kier alpha value is -1.50. The van der Waals surface area contributed by atoms with Crippen molar-refractivity contribution in [2.45, 2.75) is 27.7 Å². The lowest BCUT2D eigenvalue weighted by Gasteiger charge is -2.13. The van der Waals surface area contributed by atoms with E-state index in [1.807, 2.05) is 13.0 Å². The van der Waals surface area contributed by atoms with Gasteiger partial charge in [0, 0.05) is 0 Å². The van der Waals surface area contributed by atoms with Crippen LogP contribution in [0.2, 0.25) is 0 Å². The molecule has 0 aliphatic carbocycles. The van der Waals surface area contributed by atoms with E-state index in [2.05, 4.69) is 39.5 Å². The average molecular weight is 216 g/mol. The van der Waals surface area contributed by atoms with E-state index >= 15 is 0 Å². The quantitative estimate of drug-likeness (QED) is 0.688. The van der Waals surface area contributed by atoms with Crippen molar-refractivity contribution in [3.63, 3.8) is 0 Å². The number of hydrogen-bond donors (Lipinski definition) is 0. The van der Waals surface area contributed by atoms with Crippen LogP contribution in [0.5, 0.6) is 5.75 Å². The molecule has 16 heavy (non-hydrogen) atoms. The zero-order valence-corrected chi connectivity index (χ0v) is 10.8. The molecule has 0 spiro atoms. The van der Waals surface area contributed by atoms with E-state index in [0.29, 0.717) is 0 Å². The molecule has 1 rings (SSSR count). The summed E-state index contributed by atoms with van der Waals surface area (Å²) in [4.78, 5) is 0. The first-order valence-electron chi connectivity index (χ1n) is 5.45. The number of rotatable bonds is 3. The van der Waals surface area contributed by atoms with Crippen LogP contribution >= 0.6 is 0 Å². The molecule has 1 aromatic carbocycles. The molecule has 0 amide bonds. The molecule has 0 atom stereocenters. The van der Waals surface area contributed by atoms with Crippen LogP contribution in [0, 0.1) is 20.8 Å². The van der Waals surface area contributed by atoms with Gasteiger partial charge in [-0.25, -0.2) is 0 Å². The summed E-state index contributed by atoms with van der Waals surface area (Å²) in [6.07, 6.45) is 4.17. The maximum Gasteiger partial charge on any atom is 0.122 e. The first kappa shape index (κ1) is 12.6. The fraction of sp³-hybridized carbons (Fsp3) is 0.333. The molecule has 0 bridgehead atoms. The minimum Gasteiger partial charge on any atom is -0.496 e. The average Bonchev–Trinajstić information content (AvgIpc) is 2.22. The summed E-state index contributed by atoms with van der Waals surface area (Å²) in [5.41, 5.74) is 6.04. The molecular formula is C15H20O. The van der Waals surface area contributed by atoms with Gasteiger partial charge in [-0.05, 0) is 56.0 Å². The summed E-state index contributed by atoms with van der Waals surface area (Å²) in [5.74, 6) is 0.961. The van der Waals surface area contributed by atoms with Crippen molar-refractivity contribution in [1.29, 1.82) is 0 Å². The van der Waals surface area contributed by atoms with Crippen LogP contribution in [0.15, 0.2) is 24.3 Å². The van der Waals surface area contributed by atoms with Crippen LogP contribution in [-0.4, -0.2) is 7.11 Å². The van der Waals surface area contributed by atoms with Crippen molar-refractivity contribution in [2.24, 2.45) is 0 Å². The standard InChI is InChI=1S/C15H20O/c1-10(2)7-8-14-11(3)9-15(16-6)13(5)12(14)4/h7-9H,1H2,2-6H3. The van der Waals surface area contributed by atoms with Gasteiger partial charge in [0.1, 0.15) is 5.75 Å². The van der Waals surface area contributed by atoms with Crippen LogP contribution in [0.4, 0.5) is 0 Å². The van der Waals surface area contributed by atoms with E-state index in [1.165, 1.54) is 22.3 Å². The third-order valence-electron chi connectivity index (χ3n) is 2.86. The predicted molar refractivity (Wildman–Crippen MR) is 71.1 cm³/mol. The number of ether oxygens (including phenoxy) is 1. The van der Waals surface area contributed by atoms with Gasteiger partial charge in [-0.1, -0.05) is 24.3 Å². The number of aryl methyl sites for hydroxylation is 1. The van der Waals surface area contributed by atoms with Gasteiger partial charge >= 0.3 is 0 Å². The second kappa shape index (κ2) is 5.02. The first-order chi connectivity index (χ1) is 7.47. The van der Waals surface area contributed by atoms with Crippen LogP contribution in [-0.2, 0) is 0 Å². The fourth-order valence-electron chi connectivity index (χ4n) is 1.76. The van der Waals surface area contributed by atoms with Crippen LogP contribution in [0.25, 0.3) is 6.08 Å². The molecule has 0 aliphatic rings. The van der Waals surface area contributed by atoms with Gasteiger partial charge in [-0.15, -0.1) is 0 Å². The highest BCUT2D eigenvalue weighted by Crippen LogP contribution is 2.28. The van der Waals surface area contributed by atoms with Gasteiger partial charge in [0.15, 0.2) is 0 Å². The molecule has 0 N–H and O–H groups in total. The fourth-order valence-corrected chi connectivity index (χ4v) is 1.76. The third kappa shape index (κ3) is 2.54. The molecule has 0 saturated heterocycles. The Balaban J connectivity index is 3.30. The lowest BCUT2D eigenvalue weighted by molar-refractivity contribution is 0.411. The highest BCUT2D eigenvalue weighted by Gasteiger charge is 2.08. The highest BCUT2D eigenvalue weighted by atomic mass is 16.5. The van der Waals surface area contributed by atoms with Crippen LogP contribution in [0.3, 0.4) is 0 Å². The molecule has 1 nitrogen and oxygen atoms in total. The van der Waals surface area contributed by atoms with Gasteiger partial charge in [0.25, 0.3) is 0 Å². The van der Waals surface area contributed by atoms with Crippen molar-refractivity contribution < 1.29 is 4.74 Å². The van der Waals surface area contributed by atoms with Gasteiger partial charge < -0.3 is 4.74 Å². The van der Waals surface area contributed by atoms with Gasteiger partial charge in [0.2, 0.25) is 0 Å². The summed E-state index contributed by atoms with van der Waals surface area (Å²) in [5, 5.41) is 0. The molecule has 0 radical (unpaired) electrons. The van der Waals surface area contributed by atoms with E-state index in [9.17, 15) is 0 Å². The van der Waals surface area contributed by atoms with Gasteiger partial charge in [0.05, 0.1) is 7.11 Å². The van der Waals surface area contributed by atoms with Gasteiger partial charge in [-0.2, -0.15) is 0 Å². The maximum atomic E-state index is 5.35. The van der Waals surface area contributed by atoms with Crippen molar-refractivity contribution in [2.75, 3.05) is 7.11 Å². The topological polar surface area (TPSA) is 9.23 Å². The highest BCUT2D eigenvalue weighted by molar-refractivity contribution is 5.63. The number of methoxy groups -OCH3 is 1. The van der Waals surface area contributed by atoms with Crippen LogP contribution < -0.4 is 4.74 Å². The van der Waals surface area contributed by atoms with Crippen molar-refractivity contribution >= 4 is 6.08 Å². The van der Waals surface area contributed by atoms with E-state index in [1.54, 1.807) is 7.11 Å². The Morgan fingerprint density at radius 2 is 1.88 bits per heavy atom. The number of benzene rings is 1. The Kier molecular flexibility index (Phi) is 3.94. The minimum atomic E-state index is 0.961.